The zero-order chi connectivity index (χ0) is 14.8. The third-order valence-electron chi connectivity index (χ3n) is 2.83. The second-order valence-electron chi connectivity index (χ2n) is 4.44. The van der Waals surface area contributed by atoms with Crippen LogP contribution >= 0.6 is 0 Å². The summed E-state index contributed by atoms with van der Waals surface area (Å²) < 4.78 is 28.6. The van der Waals surface area contributed by atoms with Crippen molar-refractivity contribution in [2.24, 2.45) is 7.05 Å². The van der Waals surface area contributed by atoms with E-state index in [1.54, 1.807) is 43.2 Å². The van der Waals surface area contributed by atoms with Crippen molar-refractivity contribution < 1.29 is 8.42 Å². The monoisotopic (exact) mass is 290 g/mol. The first kappa shape index (κ1) is 14.2. The van der Waals surface area contributed by atoms with Gasteiger partial charge in [0, 0.05) is 25.4 Å². The second kappa shape index (κ2) is 5.45. The number of aryl methyl sites for hydroxylation is 2. The van der Waals surface area contributed by atoms with Crippen LogP contribution in [0.3, 0.4) is 0 Å². The first-order valence-corrected chi connectivity index (χ1v) is 7.38. The van der Waals surface area contributed by atoms with Gasteiger partial charge in [-0.05, 0) is 24.6 Å². The van der Waals surface area contributed by atoms with Gasteiger partial charge in [-0.3, -0.25) is 4.68 Å². The van der Waals surface area contributed by atoms with E-state index in [2.05, 4.69) is 9.82 Å². The summed E-state index contributed by atoms with van der Waals surface area (Å²) in [5.41, 5.74) is 1.69. The SMILES string of the molecule is Cc1ccc(C#N)cc1S(=O)(=O)NCc1cnn(C)c1. The largest absolute Gasteiger partial charge is 0.275 e. The zero-order valence-electron chi connectivity index (χ0n) is 11.2. The van der Waals surface area contributed by atoms with E-state index in [9.17, 15) is 8.42 Å². The maximum Gasteiger partial charge on any atom is 0.241 e. The minimum atomic E-state index is -3.65. The summed E-state index contributed by atoms with van der Waals surface area (Å²) in [5.74, 6) is 0. The van der Waals surface area contributed by atoms with Crippen molar-refractivity contribution in [2.45, 2.75) is 18.4 Å². The molecule has 0 unspecified atom stereocenters. The summed E-state index contributed by atoms with van der Waals surface area (Å²) in [6.45, 7) is 1.85. The van der Waals surface area contributed by atoms with Crippen LogP contribution in [0.5, 0.6) is 0 Å². The first-order chi connectivity index (χ1) is 9.42. The van der Waals surface area contributed by atoms with Gasteiger partial charge >= 0.3 is 0 Å². The minimum absolute atomic E-state index is 0.125. The molecular formula is C13H14N4O2S. The molecule has 0 radical (unpaired) electrons. The van der Waals surface area contributed by atoms with Crippen molar-refractivity contribution >= 4 is 10.0 Å². The molecule has 0 atom stereocenters. The van der Waals surface area contributed by atoms with Crippen molar-refractivity contribution in [3.63, 3.8) is 0 Å². The Morgan fingerprint density at radius 3 is 2.80 bits per heavy atom. The van der Waals surface area contributed by atoms with Gasteiger partial charge in [-0.1, -0.05) is 6.07 Å². The first-order valence-electron chi connectivity index (χ1n) is 5.90. The quantitative estimate of drug-likeness (QED) is 0.912. The summed E-state index contributed by atoms with van der Waals surface area (Å²) >= 11 is 0. The molecule has 7 heteroatoms. The molecule has 0 aliphatic heterocycles. The van der Waals surface area contributed by atoms with E-state index in [1.165, 1.54) is 6.07 Å². The maximum absolute atomic E-state index is 12.3. The molecular weight excluding hydrogens is 276 g/mol. The highest BCUT2D eigenvalue weighted by atomic mass is 32.2. The highest BCUT2D eigenvalue weighted by molar-refractivity contribution is 7.89. The number of benzene rings is 1. The summed E-state index contributed by atoms with van der Waals surface area (Å²) in [6.07, 6.45) is 3.34. The van der Waals surface area contributed by atoms with Gasteiger partial charge in [-0.15, -0.1) is 0 Å². The van der Waals surface area contributed by atoms with Crippen LogP contribution in [0.4, 0.5) is 0 Å². The van der Waals surface area contributed by atoms with Crippen LogP contribution in [0.2, 0.25) is 0 Å². The molecule has 6 nitrogen and oxygen atoms in total. The molecule has 0 aliphatic rings. The Labute approximate surface area is 117 Å². The molecule has 2 aromatic rings. The normalized spacial score (nSPS) is 11.2. The van der Waals surface area contributed by atoms with E-state index in [0.29, 0.717) is 11.1 Å². The lowest BCUT2D eigenvalue weighted by atomic mass is 10.2. The molecule has 0 saturated carbocycles. The molecule has 1 heterocycles. The predicted molar refractivity (Wildman–Crippen MR) is 73.1 cm³/mol. The number of sulfonamides is 1. The van der Waals surface area contributed by atoms with Gasteiger partial charge in [0.2, 0.25) is 10.0 Å². The number of hydrogen-bond donors (Lipinski definition) is 1. The van der Waals surface area contributed by atoms with E-state index in [-0.39, 0.29) is 11.4 Å². The Morgan fingerprint density at radius 2 is 2.20 bits per heavy atom. The molecule has 0 amide bonds. The minimum Gasteiger partial charge on any atom is -0.275 e. The van der Waals surface area contributed by atoms with Crippen molar-refractivity contribution in [2.75, 3.05) is 0 Å². The van der Waals surface area contributed by atoms with E-state index in [0.717, 1.165) is 5.56 Å². The predicted octanol–water partition coefficient (Wildman–Crippen LogP) is 1.08. The van der Waals surface area contributed by atoms with Crippen LogP contribution in [-0.4, -0.2) is 18.2 Å². The molecule has 1 N–H and O–H groups in total. The van der Waals surface area contributed by atoms with E-state index >= 15 is 0 Å². The Morgan fingerprint density at radius 1 is 1.45 bits per heavy atom. The number of nitrogens with one attached hydrogen (secondary N) is 1. The molecule has 104 valence electrons. The smallest absolute Gasteiger partial charge is 0.241 e. The summed E-state index contributed by atoms with van der Waals surface area (Å²) in [5, 5.41) is 12.8. The van der Waals surface area contributed by atoms with Gasteiger partial charge in [0.15, 0.2) is 0 Å². The van der Waals surface area contributed by atoms with Crippen molar-refractivity contribution in [3.8, 4) is 6.07 Å². The van der Waals surface area contributed by atoms with Gasteiger partial charge < -0.3 is 0 Å². The van der Waals surface area contributed by atoms with Gasteiger partial charge in [-0.2, -0.15) is 10.4 Å². The second-order valence-corrected chi connectivity index (χ2v) is 6.17. The third kappa shape index (κ3) is 3.04. The van der Waals surface area contributed by atoms with Gasteiger partial charge in [0.25, 0.3) is 0 Å². The van der Waals surface area contributed by atoms with Gasteiger partial charge in [0.05, 0.1) is 22.7 Å². The van der Waals surface area contributed by atoms with Crippen molar-refractivity contribution in [1.82, 2.24) is 14.5 Å². The Balaban J connectivity index is 2.24. The third-order valence-corrected chi connectivity index (χ3v) is 4.37. The van der Waals surface area contributed by atoms with Gasteiger partial charge in [-0.25, -0.2) is 13.1 Å². The molecule has 0 saturated heterocycles. The van der Waals surface area contributed by atoms with E-state index < -0.39 is 10.0 Å². The Bertz CT molecular complexity index is 772. The molecule has 1 aromatic carbocycles. The van der Waals surface area contributed by atoms with E-state index in [1.807, 2.05) is 6.07 Å². The van der Waals surface area contributed by atoms with Crippen LogP contribution in [0.1, 0.15) is 16.7 Å². The van der Waals surface area contributed by atoms with E-state index in [4.69, 9.17) is 5.26 Å². The van der Waals surface area contributed by atoms with Crippen molar-refractivity contribution in [3.05, 3.63) is 47.3 Å². The lowest BCUT2D eigenvalue weighted by Crippen LogP contribution is -2.24. The summed E-state index contributed by atoms with van der Waals surface area (Å²) in [4.78, 5) is 0.125. The summed E-state index contributed by atoms with van der Waals surface area (Å²) in [6, 6.07) is 6.53. The molecule has 20 heavy (non-hydrogen) atoms. The molecule has 1 aromatic heterocycles. The number of hydrogen-bond acceptors (Lipinski definition) is 4. The lowest BCUT2D eigenvalue weighted by molar-refractivity contribution is 0.580. The number of nitrogens with zero attached hydrogens (tertiary/aromatic N) is 3. The standard InChI is InChI=1S/C13H14N4O2S/c1-10-3-4-11(6-14)5-13(10)20(18,19)16-8-12-7-15-17(2)9-12/h3-5,7,9,16H,8H2,1-2H3. The molecule has 0 fully saturated rings. The molecule has 0 aliphatic carbocycles. The topological polar surface area (TPSA) is 87.8 Å². The Kier molecular flexibility index (Phi) is 3.88. The number of aromatic nitrogens is 2. The zero-order valence-corrected chi connectivity index (χ0v) is 12.0. The molecule has 0 bridgehead atoms. The number of nitriles is 1. The fraction of sp³-hybridized carbons (Fsp3) is 0.231. The lowest BCUT2D eigenvalue weighted by Gasteiger charge is -2.08. The fourth-order valence-electron chi connectivity index (χ4n) is 1.78. The average molecular weight is 290 g/mol. The molecule has 0 spiro atoms. The van der Waals surface area contributed by atoms with Crippen LogP contribution in [-0.2, 0) is 23.6 Å². The Hall–Kier alpha value is -2.17. The molecule has 2 rings (SSSR count). The van der Waals surface area contributed by atoms with Crippen molar-refractivity contribution in [1.29, 1.82) is 5.26 Å². The maximum atomic E-state index is 12.3. The van der Waals surface area contributed by atoms with Gasteiger partial charge in [0.1, 0.15) is 0 Å². The average Bonchev–Trinajstić information content (AvgIpc) is 2.83. The van der Waals surface area contributed by atoms with Crippen LogP contribution in [0.25, 0.3) is 0 Å². The van der Waals surface area contributed by atoms with Crippen LogP contribution in [0.15, 0.2) is 35.5 Å². The number of rotatable bonds is 4. The van der Waals surface area contributed by atoms with Crippen LogP contribution < -0.4 is 4.72 Å². The van der Waals surface area contributed by atoms with Crippen LogP contribution in [0, 0.1) is 18.3 Å². The fourth-order valence-corrected chi connectivity index (χ4v) is 3.06. The summed E-state index contributed by atoms with van der Waals surface area (Å²) in [7, 11) is -1.89. The highest BCUT2D eigenvalue weighted by Crippen LogP contribution is 2.17. The highest BCUT2D eigenvalue weighted by Gasteiger charge is 2.17.